The van der Waals surface area contributed by atoms with Gasteiger partial charge in [0.05, 0.1) is 34.6 Å². The number of rotatable bonds is 6. The van der Waals surface area contributed by atoms with E-state index in [1.807, 2.05) is 55.5 Å². The second kappa shape index (κ2) is 11.3. The summed E-state index contributed by atoms with van der Waals surface area (Å²) in [5, 5.41) is 7.60. The summed E-state index contributed by atoms with van der Waals surface area (Å²) in [5.41, 5.74) is 4.54. The molecule has 1 aliphatic rings. The van der Waals surface area contributed by atoms with Crippen LogP contribution in [0.4, 0.5) is 10.2 Å². The number of anilines is 1. The molecule has 0 radical (unpaired) electrons. The maximum absolute atomic E-state index is 14.4. The highest BCUT2D eigenvalue weighted by Crippen LogP contribution is 2.48. The second-order valence-electron chi connectivity index (χ2n) is 10.9. The summed E-state index contributed by atoms with van der Waals surface area (Å²) in [6, 6.07) is 19.9. The van der Waals surface area contributed by atoms with Gasteiger partial charge in [-0.05, 0) is 48.9 Å². The molecular formula is C31H32FN5O2S. The maximum Gasteiger partial charge on any atom is 0.240 e. The summed E-state index contributed by atoms with van der Waals surface area (Å²) in [7, 11) is 0. The van der Waals surface area contributed by atoms with Crippen LogP contribution in [0.5, 0.6) is 0 Å². The molecule has 1 N–H and O–H groups in total. The van der Waals surface area contributed by atoms with E-state index in [0.29, 0.717) is 5.82 Å². The van der Waals surface area contributed by atoms with Crippen molar-refractivity contribution in [1.29, 1.82) is 0 Å². The monoisotopic (exact) mass is 557 g/mol. The van der Waals surface area contributed by atoms with Crippen molar-refractivity contribution in [3.8, 4) is 5.69 Å². The van der Waals surface area contributed by atoms with Crippen LogP contribution >= 0.6 is 11.8 Å². The molecule has 0 unspecified atom stereocenters. The van der Waals surface area contributed by atoms with Gasteiger partial charge in [0.1, 0.15) is 18.2 Å². The molecule has 2 aromatic heterocycles. The molecule has 0 spiro atoms. The Kier molecular flexibility index (Phi) is 7.76. The molecule has 0 bridgehead atoms. The van der Waals surface area contributed by atoms with Gasteiger partial charge in [-0.3, -0.25) is 19.5 Å². The molecule has 206 valence electrons. The fourth-order valence-electron chi connectivity index (χ4n) is 4.76. The molecule has 2 aromatic carbocycles. The minimum Gasteiger partial charge on any atom is -0.349 e. The van der Waals surface area contributed by atoms with Crippen LogP contribution in [0, 0.1) is 12.7 Å². The Hall–Kier alpha value is -3.98. The van der Waals surface area contributed by atoms with Crippen molar-refractivity contribution in [2.75, 3.05) is 17.2 Å². The minimum atomic E-state index is -0.396. The fraction of sp³-hybridized carbons (Fsp3) is 0.290. The van der Waals surface area contributed by atoms with Crippen molar-refractivity contribution >= 4 is 29.4 Å². The van der Waals surface area contributed by atoms with Crippen molar-refractivity contribution in [1.82, 2.24) is 20.1 Å². The number of thioether (sulfide) groups is 1. The highest BCUT2D eigenvalue weighted by atomic mass is 32.2. The van der Waals surface area contributed by atoms with E-state index in [1.54, 1.807) is 16.9 Å². The summed E-state index contributed by atoms with van der Waals surface area (Å²) in [5.74, 6) is -0.212. The van der Waals surface area contributed by atoms with Gasteiger partial charge in [0.2, 0.25) is 11.8 Å². The van der Waals surface area contributed by atoms with Gasteiger partial charge < -0.3 is 5.32 Å². The quantitative estimate of drug-likeness (QED) is 0.339. The fourth-order valence-corrected chi connectivity index (χ4v) is 5.95. The molecule has 5 rings (SSSR count). The largest absolute Gasteiger partial charge is 0.349 e. The number of aromatic nitrogens is 3. The minimum absolute atomic E-state index is 0.126. The normalized spacial score (nSPS) is 15.5. The standard InChI is InChI=1S/C31H32FN5O2S/c1-20-11-13-24(14-12-20)37-30-27(29(35-37)31(2,3)4)28(21-8-7-9-22(32)16-21)40-19-26(39)36(30)18-25(38)34-17-23-10-5-6-15-33-23/h5-16,28H,17-19H2,1-4H3,(H,34,38)/t28-/m1/s1. The summed E-state index contributed by atoms with van der Waals surface area (Å²) in [6.07, 6.45) is 1.67. The number of carbonyl (C=O) groups excluding carboxylic acids is 2. The topological polar surface area (TPSA) is 80.1 Å². The van der Waals surface area contributed by atoms with Gasteiger partial charge in [0.15, 0.2) is 0 Å². The third-order valence-corrected chi connectivity index (χ3v) is 7.98. The lowest BCUT2D eigenvalue weighted by atomic mass is 9.87. The Labute approximate surface area is 237 Å². The van der Waals surface area contributed by atoms with Gasteiger partial charge >= 0.3 is 0 Å². The molecule has 7 nitrogen and oxygen atoms in total. The number of hydrogen-bond acceptors (Lipinski definition) is 5. The first-order valence-electron chi connectivity index (χ1n) is 13.2. The molecule has 0 fully saturated rings. The summed E-state index contributed by atoms with van der Waals surface area (Å²) < 4.78 is 16.2. The van der Waals surface area contributed by atoms with Crippen LogP contribution in [-0.2, 0) is 21.5 Å². The smallest absolute Gasteiger partial charge is 0.240 e. The van der Waals surface area contributed by atoms with Crippen molar-refractivity contribution in [3.63, 3.8) is 0 Å². The van der Waals surface area contributed by atoms with Gasteiger partial charge in [-0.15, -0.1) is 11.8 Å². The predicted octanol–water partition coefficient (Wildman–Crippen LogP) is 5.50. The average Bonchev–Trinajstić information content (AvgIpc) is 3.26. The van der Waals surface area contributed by atoms with Gasteiger partial charge in [-0.25, -0.2) is 9.07 Å². The third-order valence-electron chi connectivity index (χ3n) is 6.72. The number of carbonyl (C=O) groups is 2. The highest BCUT2D eigenvalue weighted by molar-refractivity contribution is 8.00. The van der Waals surface area contributed by atoms with Gasteiger partial charge in [0, 0.05) is 17.2 Å². The van der Waals surface area contributed by atoms with E-state index in [9.17, 15) is 14.0 Å². The summed E-state index contributed by atoms with van der Waals surface area (Å²) in [4.78, 5) is 32.7. The number of aryl methyl sites for hydroxylation is 1. The lowest BCUT2D eigenvalue weighted by Crippen LogP contribution is -2.42. The van der Waals surface area contributed by atoms with E-state index < -0.39 is 5.41 Å². The van der Waals surface area contributed by atoms with E-state index in [-0.39, 0.29) is 41.7 Å². The molecule has 3 heterocycles. The number of pyridine rings is 1. The van der Waals surface area contributed by atoms with Crippen LogP contribution in [0.15, 0.2) is 72.9 Å². The molecule has 4 aromatic rings. The lowest BCUT2D eigenvalue weighted by Gasteiger charge is -2.24. The number of halogens is 1. The Bertz CT molecular complexity index is 1530. The maximum atomic E-state index is 14.4. The molecule has 2 amide bonds. The number of nitrogens with zero attached hydrogens (tertiary/aromatic N) is 4. The molecule has 40 heavy (non-hydrogen) atoms. The van der Waals surface area contributed by atoms with Gasteiger partial charge in [-0.1, -0.05) is 56.7 Å². The average molecular weight is 558 g/mol. The zero-order valence-electron chi connectivity index (χ0n) is 23.0. The molecule has 0 saturated carbocycles. The Morgan fingerprint density at radius 3 is 2.55 bits per heavy atom. The van der Waals surface area contributed by atoms with E-state index in [1.165, 1.54) is 28.8 Å². The number of fused-ring (bicyclic) bond motifs is 1. The van der Waals surface area contributed by atoms with E-state index in [2.05, 4.69) is 31.1 Å². The summed E-state index contributed by atoms with van der Waals surface area (Å²) in [6.45, 7) is 8.28. The molecular weight excluding hydrogens is 525 g/mol. The number of amides is 2. The number of hydrogen-bond donors (Lipinski definition) is 1. The first-order valence-corrected chi connectivity index (χ1v) is 14.2. The van der Waals surface area contributed by atoms with Crippen LogP contribution in [-0.4, -0.2) is 38.9 Å². The van der Waals surface area contributed by atoms with Crippen LogP contribution in [0.3, 0.4) is 0 Å². The van der Waals surface area contributed by atoms with Crippen molar-refractivity contribution in [2.24, 2.45) is 0 Å². The SMILES string of the molecule is Cc1ccc(-n2nc(C(C)(C)C)c3c2N(CC(=O)NCc2ccccn2)C(=O)CS[C@@H]3c2cccc(F)c2)cc1. The van der Waals surface area contributed by atoms with Crippen molar-refractivity contribution in [3.05, 3.63) is 107 Å². The molecule has 0 aliphatic carbocycles. The molecule has 1 atom stereocenters. The third kappa shape index (κ3) is 5.79. The first kappa shape index (κ1) is 27.6. The molecule has 9 heteroatoms. The van der Waals surface area contributed by atoms with Crippen LogP contribution in [0.2, 0.25) is 0 Å². The molecule has 1 aliphatic heterocycles. The van der Waals surface area contributed by atoms with E-state index in [4.69, 9.17) is 5.10 Å². The van der Waals surface area contributed by atoms with Crippen LogP contribution in [0.25, 0.3) is 5.69 Å². The van der Waals surface area contributed by atoms with E-state index >= 15 is 0 Å². The zero-order chi connectivity index (χ0) is 28.4. The number of nitrogens with one attached hydrogen (secondary N) is 1. The van der Waals surface area contributed by atoms with E-state index in [0.717, 1.165) is 33.8 Å². The van der Waals surface area contributed by atoms with Crippen molar-refractivity contribution < 1.29 is 14.0 Å². The highest BCUT2D eigenvalue weighted by Gasteiger charge is 2.40. The number of benzene rings is 2. The first-order chi connectivity index (χ1) is 19.1. The molecule has 0 saturated heterocycles. The Morgan fingerprint density at radius 1 is 1.10 bits per heavy atom. The van der Waals surface area contributed by atoms with Crippen LogP contribution in [0.1, 0.15) is 54.1 Å². The summed E-state index contributed by atoms with van der Waals surface area (Å²) >= 11 is 1.43. The second-order valence-corrected chi connectivity index (χ2v) is 12.0. The Morgan fingerprint density at radius 2 is 1.88 bits per heavy atom. The zero-order valence-corrected chi connectivity index (χ0v) is 23.8. The van der Waals surface area contributed by atoms with Gasteiger partial charge in [-0.2, -0.15) is 5.10 Å². The van der Waals surface area contributed by atoms with Crippen LogP contribution < -0.4 is 10.2 Å². The van der Waals surface area contributed by atoms with Gasteiger partial charge in [0.25, 0.3) is 0 Å². The predicted molar refractivity (Wildman–Crippen MR) is 156 cm³/mol. The lowest BCUT2D eigenvalue weighted by molar-refractivity contribution is -0.123. The Balaban J connectivity index is 1.65. The van der Waals surface area contributed by atoms with Crippen molar-refractivity contribution in [2.45, 2.75) is 44.9 Å².